The molecule has 30 heteroatoms. The molecular formula is C72H54F10N20. The van der Waals surface area contributed by atoms with E-state index >= 15 is 0 Å². The van der Waals surface area contributed by atoms with Gasteiger partial charge in [-0.1, -0.05) is 44.2 Å². The van der Waals surface area contributed by atoms with E-state index in [0.29, 0.717) is 78.1 Å². The molecule has 1 aliphatic rings. The lowest BCUT2D eigenvalue weighted by molar-refractivity contribution is -0.140. The first-order valence-corrected chi connectivity index (χ1v) is 31.6. The molecular weight excluding hydrogens is 1330 g/mol. The number of aromatic nitrogens is 16. The molecule has 16 aromatic rings. The number of nitrogens with zero attached hydrogens (tertiary/aromatic N) is 12. The van der Waals surface area contributed by atoms with Gasteiger partial charge in [-0.3, -0.25) is 45.3 Å². The van der Waals surface area contributed by atoms with Crippen molar-refractivity contribution in [1.29, 1.82) is 0 Å². The van der Waals surface area contributed by atoms with Gasteiger partial charge in [0, 0.05) is 93.5 Å². The van der Waals surface area contributed by atoms with E-state index in [4.69, 9.17) is 0 Å². The number of fused-ring (bicyclic) bond motifs is 8. The number of H-pyrrole nitrogens is 4. The molecule has 0 bridgehead atoms. The predicted molar refractivity (Wildman–Crippen MR) is 371 cm³/mol. The Morgan fingerprint density at radius 1 is 0.402 bits per heavy atom. The first kappa shape index (κ1) is 66.5. The molecule has 0 unspecified atom stereocenters. The van der Waals surface area contributed by atoms with Crippen molar-refractivity contribution in [3.63, 3.8) is 0 Å². The lowest BCUT2D eigenvalue weighted by Crippen LogP contribution is -2.22. The number of alkyl halides is 8. The van der Waals surface area contributed by atoms with Gasteiger partial charge >= 0.3 is 12.4 Å². The van der Waals surface area contributed by atoms with Crippen molar-refractivity contribution in [2.24, 2.45) is 5.92 Å². The van der Waals surface area contributed by atoms with Gasteiger partial charge in [-0.25, -0.2) is 23.7 Å². The fourth-order valence-electron chi connectivity index (χ4n) is 11.7. The second kappa shape index (κ2) is 27.5. The zero-order valence-electron chi connectivity index (χ0n) is 53.4. The topological polar surface area (TPSA) is 266 Å². The molecule has 12 heterocycles. The Morgan fingerprint density at radius 3 is 1.46 bits per heavy atom. The van der Waals surface area contributed by atoms with Crippen LogP contribution in [0.15, 0.2) is 189 Å². The van der Waals surface area contributed by atoms with Gasteiger partial charge in [-0.15, -0.1) is 0 Å². The van der Waals surface area contributed by atoms with E-state index < -0.39 is 47.2 Å². The number of aromatic amines is 4. The van der Waals surface area contributed by atoms with Gasteiger partial charge in [0.1, 0.15) is 40.0 Å². The third kappa shape index (κ3) is 14.0. The molecule has 0 amide bonds. The highest BCUT2D eigenvalue weighted by atomic mass is 19.4. The summed E-state index contributed by atoms with van der Waals surface area (Å²) in [4.78, 5) is 31.8. The van der Waals surface area contributed by atoms with Gasteiger partial charge in [0.15, 0.2) is 34.3 Å². The maximum Gasteiger partial charge on any atom is 0.433 e. The summed E-state index contributed by atoms with van der Waals surface area (Å²) in [5, 5.41) is 45.8. The first-order valence-electron chi connectivity index (χ1n) is 31.6. The molecule has 12 aromatic heterocycles. The lowest BCUT2D eigenvalue weighted by Gasteiger charge is -2.21. The average Bonchev–Trinajstić information content (AvgIpc) is 1.10. The molecule has 1 aliphatic carbocycles. The highest BCUT2D eigenvalue weighted by Gasteiger charge is 2.39. The van der Waals surface area contributed by atoms with Gasteiger partial charge in [-0.2, -0.15) is 55.5 Å². The smallest absolute Gasteiger partial charge is 0.340 e. The predicted octanol–water partition coefficient (Wildman–Crippen LogP) is 19.0. The summed E-state index contributed by atoms with van der Waals surface area (Å²) >= 11 is 0. The Kier molecular flexibility index (Phi) is 17.9. The van der Waals surface area contributed by atoms with Gasteiger partial charge in [0.05, 0.1) is 39.9 Å². The number of allylic oxidation sites excluding steroid dienone is 2. The molecule has 0 spiro atoms. The molecule has 0 atom stereocenters. The summed E-state index contributed by atoms with van der Waals surface area (Å²) in [7, 11) is 0. The van der Waals surface area contributed by atoms with Crippen LogP contribution in [0.1, 0.15) is 62.3 Å². The van der Waals surface area contributed by atoms with E-state index in [1.54, 1.807) is 42.7 Å². The quantitative estimate of drug-likeness (QED) is 0.0560. The standard InChI is InChI=1S/C21H19N5.C19H17F2N5.2C16H9F4N5/c1-2-5-14(6-3-1)19-17-9-8-16(13-15(17)10-12-23-19)24-21-20-18(25-26-21)7-4-11-22-20;1-11(2)19(20,21)16-14-6-5-13(10-12(14)7-9-22-16)24-18-15-4-3-8-23-17(15)25-26-18;17-9-6-12-13(22-7-9)15(25-24-12)23-10-1-2-11-8(5-10)3-4-21-14(11)16(18,19)20;17-9-6-12-14(22-7-9)24-25-15(12)23-10-1-2-11-8(5-10)3-4-21-13(11)16(18,19)20/h4-5,7-13H,1-3,6H2,(H2,24,25,26);3-11H,1-2H3,(H2,23,24,25,26);1-7H,(H2,23,24,25);1-7H,(H2,22,23,24,25). The van der Waals surface area contributed by atoms with E-state index in [2.05, 4.69) is 132 Å². The molecule has 0 radical (unpaired) electrons. The molecule has 0 saturated carbocycles. The molecule has 0 fully saturated rings. The van der Waals surface area contributed by atoms with Crippen LogP contribution in [0, 0.1) is 17.6 Å². The van der Waals surface area contributed by atoms with Crippen molar-refractivity contribution >= 4 is 139 Å². The summed E-state index contributed by atoms with van der Waals surface area (Å²) in [6.07, 6.45) is 9.22. The Labute approximate surface area is 569 Å². The number of anilines is 8. The minimum absolute atomic E-state index is 0.00253. The number of rotatable bonds is 11. The first-order chi connectivity index (χ1) is 49.2. The SMILES string of the molecule is C1=C(c2nccc3cc(Nc4n[nH]c5cccnc45)ccc23)CCCC1.CC(C)C(F)(F)c1nccc2cc(Nc3[nH]nc4ncccc34)ccc12.Fc1cnc2c(Nc3ccc4c(C(F)(F)F)nccc4c3)n[nH]c2c1.Fc1cnc2n[nH]c(Nc3ccc4c(C(F)(F)F)nccc4c3)c2c1. The Morgan fingerprint density at radius 2 is 0.882 bits per heavy atom. The third-order valence-corrected chi connectivity index (χ3v) is 16.7. The molecule has 4 aromatic carbocycles. The molecule has 0 saturated heterocycles. The van der Waals surface area contributed by atoms with Crippen molar-refractivity contribution in [2.45, 2.75) is 57.8 Å². The molecule has 512 valence electrons. The summed E-state index contributed by atoms with van der Waals surface area (Å²) in [6.45, 7) is 2.99. The van der Waals surface area contributed by atoms with Crippen LogP contribution in [-0.4, -0.2) is 80.7 Å². The highest BCUT2D eigenvalue weighted by Crippen LogP contribution is 2.41. The van der Waals surface area contributed by atoms with Crippen LogP contribution in [0.2, 0.25) is 0 Å². The fraction of sp³-hybridized carbons (Fsp3) is 0.139. The zero-order chi connectivity index (χ0) is 70.9. The van der Waals surface area contributed by atoms with Crippen LogP contribution in [-0.2, 0) is 18.3 Å². The van der Waals surface area contributed by atoms with Crippen molar-refractivity contribution in [1.82, 2.24) is 80.7 Å². The normalized spacial score (nSPS) is 12.7. The minimum Gasteiger partial charge on any atom is -0.340 e. The zero-order valence-corrected chi connectivity index (χ0v) is 53.4. The van der Waals surface area contributed by atoms with Crippen LogP contribution in [0.3, 0.4) is 0 Å². The van der Waals surface area contributed by atoms with Crippen molar-refractivity contribution in [2.75, 3.05) is 21.3 Å². The van der Waals surface area contributed by atoms with Crippen LogP contribution in [0.4, 0.5) is 89.9 Å². The van der Waals surface area contributed by atoms with Gasteiger partial charge in [0.2, 0.25) is 0 Å². The summed E-state index contributed by atoms with van der Waals surface area (Å²) < 4.78 is 133. The van der Waals surface area contributed by atoms with Crippen LogP contribution < -0.4 is 21.3 Å². The van der Waals surface area contributed by atoms with E-state index in [0.717, 1.165) is 76.9 Å². The highest BCUT2D eigenvalue weighted by molar-refractivity contribution is 5.98. The molecule has 102 heavy (non-hydrogen) atoms. The Balaban J connectivity index is 0.000000115. The van der Waals surface area contributed by atoms with Crippen molar-refractivity contribution < 1.29 is 43.9 Å². The number of halogens is 10. The van der Waals surface area contributed by atoms with E-state index in [1.807, 2.05) is 36.5 Å². The van der Waals surface area contributed by atoms with Crippen LogP contribution in [0.5, 0.6) is 0 Å². The third-order valence-electron chi connectivity index (χ3n) is 16.7. The van der Waals surface area contributed by atoms with Gasteiger partial charge in [0.25, 0.3) is 5.92 Å². The van der Waals surface area contributed by atoms with Gasteiger partial charge in [-0.05, 0) is 156 Å². The number of hydrogen-bond acceptors (Lipinski definition) is 16. The monoisotopic (exact) mass is 1390 g/mol. The number of nitrogens with one attached hydrogen (secondary N) is 8. The molecule has 8 N–H and O–H groups in total. The number of hydrogen-bond donors (Lipinski definition) is 8. The number of benzene rings is 4. The Hall–Kier alpha value is -12.8. The van der Waals surface area contributed by atoms with E-state index in [-0.39, 0.29) is 16.5 Å². The fourth-order valence-corrected chi connectivity index (χ4v) is 11.7. The van der Waals surface area contributed by atoms with E-state index in [1.165, 1.54) is 97.8 Å². The van der Waals surface area contributed by atoms with Crippen LogP contribution >= 0.6 is 0 Å². The van der Waals surface area contributed by atoms with Gasteiger partial charge < -0.3 is 21.3 Å². The second-order valence-electron chi connectivity index (χ2n) is 23.8. The van der Waals surface area contributed by atoms with Crippen molar-refractivity contribution in [3.8, 4) is 0 Å². The van der Waals surface area contributed by atoms with E-state index in [9.17, 15) is 43.9 Å². The summed E-state index contributed by atoms with van der Waals surface area (Å²) in [6, 6.07) is 37.3. The largest absolute Gasteiger partial charge is 0.433 e. The summed E-state index contributed by atoms with van der Waals surface area (Å²) in [5.74, 6) is -2.65. The maximum atomic E-state index is 14.5. The Bertz CT molecular complexity index is 5810. The average molecular weight is 1390 g/mol. The number of pyridine rings is 8. The maximum absolute atomic E-state index is 14.5. The lowest BCUT2D eigenvalue weighted by atomic mass is 9.94. The second-order valence-corrected chi connectivity index (χ2v) is 23.8. The molecule has 20 nitrogen and oxygen atoms in total. The van der Waals surface area contributed by atoms with Crippen LogP contribution in [0.25, 0.3) is 92.8 Å². The summed E-state index contributed by atoms with van der Waals surface area (Å²) in [5.41, 5.74) is 6.77. The molecule has 0 aliphatic heterocycles. The van der Waals surface area contributed by atoms with Crippen molar-refractivity contribution in [3.05, 3.63) is 224 Å². The molecule has 17 rings (SSSR count). The minimum atomic E-state index is -4.53.